The molecule has 0 fully saturated rings. The highest BCUT2D eigenvalue weighted by Gasteiger charge is 2.29. The van der Waals surface area contributed by atoms with Gasteiger partial charge in [-0.3, -0.25) is 9.59 Å². The van der Waals surface area contributed by atoms with E-state index >= 15 is 0 Å². The Bertz CT molecular complexity index is 710. The number of sulfonamides is 1. The zero-order valence-electron chi connectivity index (χ0n) is 14.8. The monoisotopic (exact) mass is 422 g/mol. The lowest BCUT2D eigenvalue weighted by Gasteiger charge is -2.20. The highest BCUT2D eigenvalue weighted by Crippen LogP contribution is 2.15. The highest BCUT2D eigenvalue weighted by molar-refractivity contribution is 7.98. The number of amides is 1. The Morgan fingerprint density at radius 3 is 2.42 bits per heavy atom. The van der Waals surface area contributed by atoms with E-state index < -0.39 is 34.0 Å². The van der Waals surface area contributed by atoms with Gasteiger partial charge in [-0.05, 0) is 56.5 Å². The summed E-state index contributed by atoms with van der Waals surface area (Å²) in [4.78, 5) is 24.1. The first-order valence-corrected chi connectivity index (χ1v) is 11.2. The minimum absolute atomic E-state index is 0.0133. The summed E-state index contributed by atoms with van der Waals surface area (Å²) < 4.78 is 32.5. The number of benzene rings is 1. The summed E-state index contributed by atoms with van der Waals surface area (Å²) in [6.07, 6.45) is 1.06. The normalized spacial score (nSPS) is 13.7. The van der Waals surface area contributed by atoms with Gasteiger partial charge >= 0.3 is 5.97 Å². The van der Waals surface area contributed by atoms with Crippen LogP contribution >= 0.6 is 23.4 Å². The van der Waals surface area contributed by atoms with Crippen molar-refractivity contribution in [2.24, 2.45) is 0 Å². The summed E-state index contributed by atoms with van der Waals surface area (Å²) in [5, 5.41) is 2.94. The number of thioether (sulfide) groups is 1. The number of carbonyl (C=O) groups excluding carboxylic acids is 2. The van der Waals surface area contributed by atoms with Crippen molar-refractivity contribution >= 4 is 45.3 Å². The Balaban J connectivity index is 2.89. The van der Waals surface area contributed by atoms with Crippen LogP contribution in [0.5, 0.6) is 0 Å². The van der Waals surface area contributed by atoms with E-state index in [9.17, 15) is 18.0 Å². The van der Waals surface area contributed by atoms with Crippen molar-refractivity contribution < 1.29 is 22.7 Å². The maximum atomic E-state index is 12.5. The van der Waals surface area contributed by atoms with Crippen LogP contribution in [0, 0.1) is 0 Å². The standard InChI is InChI=1S/C16H23ClN2O5S2/c1-4-18-15(20)11(2)24-16(21)14(9-10-25-3)19-26(22,23)13-7-5-12(17)6-8-13/h5-8,11,14,19H,4,9-10H2,1-3H3,(H,18,20)/t11-,14+/m0/s1. The number of carbonyl (C=O) groups is 2. The molecular formula is C16H23ClN2O5S2. The topological polar surface area (TPSA) is 102 Å². The molecule has 0 aromatic heterocycles. The molecule has 0 aliphatic rings. The number of hydrogen-bond acceptors (Lipinski definition) is 6. The van der Waals surface area contributed by atoms with Gasteiger partial charge in [0.1, 0.15) is 6.04 Å². The molecule has 2 N–H and O–H groups in total. The van der Waals surface area contributed by atoms with Gasteiger partial charge in [0.25, 0.3) is 5.91 Å². The number of nitrogens with one attached hydrogen (secondary N) is 2. The van der Waals surface area contributed by atoms with E-state index in [1.54, 1.807) is 6.92 Å². The molecule has 0 aliphatic heterocycles. The van der Waals surface area contributed by atoms with Gasteiger partial charge in [0.2, 0.25) is 10.0 Å². The summed E-state index contributed by atoms with van der Waals surface area (Å²) >= 11 is 7.23. The maximum Gasteiger partial charge on any atom is 0.324 e. The van der Waals surface area contributed by atoms with Gasteiger partial charge in [-0.1, -0.05) is 11.6 Å². The quantitative estimate of drug-likeness (QED) is 0.557. The molecule has 2 atom stereocenters. The molecule has 10 heteroatoms. The first kappa shape index (κ1) is 22.8. The molecule has 0 radical (unpaired) electrons. The Morgan fingerprint density at radius 2 is 1.88 bits per heavy atom. The van der Waals surface area contributed by atoms with Crippen molar-refractivity contribution in [2.75, 3.05) is 18.6 Å². The summed E-state index contributed by atoms with van der Waals surface area (Å²) in [5.74, 6) is -0.696. The second-order valence-electron chi connectivity index (χ2n) is 5.38. The molecule has 0 unspecified atom stereocenters. The van der Waals surface area contributed by atoms with E-state index in [0.29, 0.717) is 17.3 Å². The lowest BCUT2D eigenvalue weighted by atomic mass is 10.2. The Labute approximate surface area is 163 Å². The third kappa shape index (κ3) is 7.14. The summed E-state index contributed by atoms with van der Waals surface area (Å²) in [5.41, 5.74) is 0. The van der Waals surface area contributed by atoms with Gasteiger partial charge in [0.15, 0.2) is 6.10 Å². The van der Waals surface area contributed by atoms with Gasteiger partial charge < -0.3 is 10.1 Å². The molecule has 1 amide bonds. The average molecular weight is 423 g/mol. The van der Waals surface area contributed by atoms with E-state index in [1.807, 2.05) is 6.26 Å². The molecule has 0 bridgehead atoms. The highest BCUT2D eigenvalue weighted by atomic mass is 35.5. The smallest absolute Gasteiger partial charge is 0.324 e. The summed E-state index contributed by atoms with van der Waals surface area (Å²) in [7, 11) is -3.94. The third-order valence-corrected chi connectivity index (χ3v) is 5.71. The molecule has 1 rings (SSSR count). The van der Waals surface area contributed by atoms with Gasteiger partial charge in [0.05, 0.1) is 4.90 Å². The predicted molar refractivity (Wildman–Crippen MR) is 103 cm³/mol. The zero-order chi connectivity index (χ0) is 19.7. The van der Waals surface area contributed by atoms with Crippen molar-refractivity contribution in [1.29, 1.82) is 0 Å². The van der Waals surface area contributed by atoms with Gasteiger partial charge in [0, 0.05) is 11.6 Å². The minimum atomic E-state index is -3.94. The molecule has 26 heavy (non-hydrogen) atoms. The number of ether oxygens (including phenoxy) is 1. The Hall–Kier alpha value is -1.29. The third-order valence-electron chi connectivity index (χ3n) is 3.33. The first-order chi connectivity index (χ1) is 12.2. The first-order valence-electron chi connectivity index (χ1n) is 7.96. The van der Waals surface area contributed by atoms with Crippen molar-refractivity contribution in [1.82, 2.24) is 10.0 Å². The van der Waals surface area contributed by atoms with Crippen molar-refractivity contribution in [2.45, 2.75) is 37.3 Å². The number of halogens is 1. The average Bonchev–Trinajstić information content (AvgIpc) is 2.58. The van der Waals surface area contributed by atoms with Crippen LogP contribution in [0.15, 0.2) is 29.2 Å². The minimum Gasteiger partial charge on any atom is -0.451 e. The number of hydrogen-bond donors (Lipinski definition) is 2. The molecule has 146 valence electrons. The lowest BCUT2D eigenvalue weighted by molar-refractivity contribution is -0.156. The van der Waals surface area contributed by atoms with Crippen LogP contribution in [0.4, 0.5) is 0 Å². The van der Waals surface area contributed by atoms with Crippen LogP contribution in [0.25, 0.3) is 0 Å². The van der Waals surface area contributed by atoms with Gasteiger partial charge in [-0.2, -0.15) is 16.5 Å². The molecular weight excluding hydrogens is 400 g/mol. The number of rotatable bonds is 10. The van der Waals surface area contributed by atoms with E-state index in [2.05, 4.69) is 10.0 Å². The fraction of sp³-hybridized carbons (Fsp3) is 0.500. The molecule has 0 aliphatic carbocycles. The fourth-order valence-corrected chi connectivity index (χ4v) is 3.77. The second-order valence-corrected chi connectivity index (χ2v) is 8.52. The van der Waals surface area contributed by atoms with Crippen LogP contribution in [-0.2, 0) is 24.3 Å². The van der Waals surface area contributed by atoms with Crippen LogP contribution in [-0.4, -0.2) is 51.0 Å². The predicted octanol–water partition coefficient (Wildman–Crippen LogP) is 1.81. The largest absolute Gasteiger partial charge is 0.451 e. The molecule has 7 nitrogen and oxygen atoms in total. The Morgan fingerprint density at radius 1 is 1.27 bits per heavy atom. The zero-order valence-corrected chi connectivity index (χ0v) is 17.2. The second kappa shape index (κ2) is 10.8. The Kier molecular flexibility index (Phi) is 9.42. The van der Waals surface area contributed by atoms with Crippen LogP contribution < -0.4 is 10.0 Å². The van der Waals surface area contributed by atoms with Crippen LogP contribution in [0.2, 0.25) is 5.02 Å². The van der Waals surface area contributed by atoms with Crippen LogP contribution in [0.3, 0.4) is 0 Å². The molecule has 0 saturated carbocycles. The van der Waals surface area contributed by atoms with E-state index in [0.717, 1.165) is 0 Å². The number of likely N-dealkylation sites (N-methyl/N-ethyl adjacent to an activating group) is 1. The fourth-order valence-electron chi connectivity index (χ4n) is 1.96. The van der Waals surface area contributed by atoms with Crippen LogP contribution in [0.1, 0.15) is 20.3 Å². The van der Waals surface area contributed by atoms with Crippen molar-refractivity contribution in [3.63, 3.8) is 0 Å². The number of esters is 1. The van der Waals surface area contributed by atoms with Gasteiger partial charge in [-0.25, -0.2) is 8.42 Å². The van der Waals surface area contributed by atoms with E-state index in [-0.39, 0.29) is 11.3 Å². The SMILES string of the molecule is CCNC(=O)[C@H](C)OC(=O)[C@@H](CCSC)NS(=O)(=O)c1ccc(Cl)cc1. The van der Waals surface area contributed by atoms with E-state index in [1.165, 1.54) is 43.0 Å². The van der Waals surface area contributed by atoms with E-state index in [4.69, 9.17) is 16.3 Å². The molecule has 0 saturated heterocycles. The molecule has 0 spiro atoms. The molecule has 1 aromatic rings. The summed E-state index contributed by atoms with van der Waals surface area (Å²) in [6, 6.07) is 4.49. The lowest BCUT2D eigenvalue weighted by Crippen LogP contribution is -2.45. The molecule has 0 heterocycles. The summed E-state index contributed by atoms with van der Waals surface area (Å²) in [6.45, 7) is 3.58. The molecule has 1 aromatic carbocycles. The van der Waals surface area contributed by atoms with Gasteiger partial charge in [-0.15, -0.1) is 0 Å². The van der Waals surface area contributed by atoms with Crippen molar-refractivity contribution in [3.8, 4) is 0 Å². The maximum absolute atomic E-state index is 12.5. The van der Waals surface area contributed by atoms with Crippen molar-refractivity contribution in [3.05, 3.63) is 29.3 Å².